The highest BCUT2D eigenvalue weighted by Gasteiger charge is 2.44. The molecule has 0 aliphatic carbocycles. The summed E-state index contributed by atoms with van der Waals surface area (Å²) in [6.45, 7) is 3.43. The van der Waals surface area contributed by atoms with E-state index in [-0.39, 0.29) is 11.2 Å². The van der Waals surface area contributed by atoms with Crippen molar-refractivity contribution < 1.29 is 35.9 Å². The Morgan fingerprint density at radius 1 is 1.02 bits per heavy atom. The summed E-state index contributed by atoms with van der Waals surface area (Å²) in [6, 6.07) is 13.1. The average molecular weight is 641 g/mol. The SMILES string of the molecule is CN1CC2(CCN(C/C=C/c3ccc(C(F)(F)F)cc3)CC2)c2cc(OC(F)(F)F)ccc21.O=CNCc1ccnc(Cl)c1. The number of nitrogens with one attached hydrogen (secondary N) is 1. The minimum Gasteiger partial charge on any atom is -0.406 e. The van der Waals surface area contributed by atoms with Gasteiger partial charge >= 0.3 is 12.5 Å². The van der Waals surface area contributed by atoms with Crippen LogP contribution in [0.5, 0.6) is 5.75 Å². The number of anilines is 1. The van der Waals surface area contributed by atoms with Gasteiger partial charge in [0, 0.05) is 44.0 Å². The summed E-state index contributed by atoms with van der Waals surface area (Å²) in [7, 11) is 1.94. The van der Waals surface area contributed by atoms with Gasteiger partial charge < -0.3 is 15.0 Å². The number of ether oxygens (including phenoxy) is 1. The van der Waals surface area contributed by atoms with E-state index in [9.17, 15) is 31.1 Å². The topological polar surface area (TPSA) is 57.7 Å². The molecule has 2 aliphatic rings. The molecule has 3 heterocycles. The molecular weight excluding hydrogens is 610 g/mol. The number of piperidine rings is 1. The molecule has 0 radical (unpaired) electrons. The Morgan fingerprint density at radius 2 is 1.73 bits per heavy atom. The first-order valence-electron chi connectivity index (χ1n) is 13.7. The van der Waals surface area contributed by atoms with Crippen LogP contribution in [0, 0.1) is 0 Å². The van der Waals surface area contributed by atoms with E-state index in [4.69, 9.17) is 11.6 Å². The number of carbonyl (C=O) groups excluding carboxylic acids is 1. The highest BCUT2D eigenvalue weighted by Crippen LogP contribution is 2.48. The van der Waals surface area contributed by atoms with Crippen molar-refractivity contribution in [3.05, 3.63) is 94.3 Å². The van der Waals surface area contributed by atoms with Crippen LogP contribution >= 0.6 is 11.6 Å². The summed E-state index contributed by atoms with van der Waals surface area (Å²) in [4.78, 5) is 18.0. The highest BCUT2D eigenvalue weighted by atomic mass is 35.5. The number of benzene rings is 2. The molecule has 1 N–H and O–H groups in total. The van der Waals surface area contributed by atoms with E-state index >= 15 is 0 Å². The second-order valence-electron chi connectivity index (χ2n) is 10.7. The summed E-state index contributed by atoms with van der Waals surface area (Å²) in [5.74, 6) is -0.196. The molecular formula is C31H31ClF6N4O2. The average Bonchev–Trinajstić information content (AvgIpc) is 3.22. The van der Waals surface area contributed by atoms with Crippen molar-refractivity contribution >= 4 is 29.8 Å². The smallest absolute Gasteiger partial charge is 0.406 e. The summed E-state index contributed by atoms with van der Waals surface area (Å²) >= 11 is 5.60. The first-order valence-corrected chi connectivity index (χ1v) is 14.1. The molecule has 1 spiro atoms. The number of amides is 1. The number of halogens is 7. The fourth-order valence-electron chi connectivity index (χ4n) is 5.52. The lowest BCUT2D eigenvalue weighted by atomic mass is 9.74. The molecule has 2 aromatic carbocycles. The zero-order valence-corrected chi connectivity index (χ0v) is 24.5. The maximum atomic E-state index is 12.7. The minimum atomic E-state index is -4.73. The molecule has 1 aromatic heterocycles. The Hall–Kier alpha value is -3.77. The van der Waals surface area contributed by atoms with E-state index in [0.717, 1.165) is 61.4 Å². The molecule has 1 amide bonds. The van der Waals surface area contributed by atoms with Gasteiger partial charge in [0.05, 0.1) is 5.56 Å². The number of nitrogens with zero attached hydrogens (tertiary/aromatic N) is 3. The van der Waals surface area contributed by atoms with Crippen molar-refractivity contribution in [3.8, 4) is 5.75 Å². The molecule has 1 fully saturated rings. The molecule has 0 saturated carbocycles. The van der Waals surface area contributed by atoms with E-state index in [1.54, 1.807) is 30.5 Å². The van der Waals surface area contributed by atoms with Gasteiger partial charge in [-0.1, -0.05) is 35.9 Å². The summed E-state index contributed by atoms with van der Waals surface area (Å²) in [5.41, 5.74) is 2.57. The van der Waals surface area contributed by atoms with Crippen LogP contribution in [0.3, 0.4) is 0 Å². The molecule has 236 valence electrons. The van der Waals surface area contributed by atoms with E-state index in [1.165, 1.54) is 24.3 Å². The zero-order valence-electron chi connectivity index (χ0n) is 23.8. The summed E-state index contributed by atoms with van der Waals surface area (Å²) in [5, 5.41) is 2.96. The monoisotopic (exact) mass is 640 g/mol. The normalized spacial score (nSPS) is 16.4. The van der Waals surface area contributed by atoms with Crippen LogP contribution in [0.1, 0.15) is 35.1 Å². The summed E-state index contributed by atoms with van der Waals surface area (Å²) in [6.07, 6.45) is -1.51. The van der Waals surface area contributed by atoms with Gasteiger partial charge in [0.1, 0.15) is 10.9 Å². The predicted molar refractivity (Wildman–Crippen MR) is 156 cm³/mol. The number of hydrogen-bond acceptors (Lipinski definition) is 5. The molecule has 6 nitrogen and oxygen atoms in total. The number of hydrogen-bond donors (Lipinski definition) is 1. The Labute approximate surface area is 256 Å². The largest absolute Gasteiger partial charge is 0.573 e. The van der Waals surface area contributed by atoms with Crippen LogP contribution in [0.15, 0.2) is 66.9 Å². The first-order chi connectivity index (χ1) is 20.8. The first kappa shape index (κ1) is 33.1. The number of pyridine rings is 1. The van der Waals surface area contributed by atoms with Crippen LogP contribution in [-0.2, 0) is 22.9 Å². The maximum Gasteiger partial charge on any atom is 0.573 e. The van der Waals surface area contributed by atoms with Crippen LogP contribution in [0.4, 0.5) is 32.0 Å². The lowest BCUT2D eigenvalue weighted by molar-refractivity contribution is -0.274. The van der Waals surface area contributed by atoms with E-state index < -0.39 is 18.1 Å². The van der Waals surface area contributed by atoms with Crippen molar-refractivity contribution in [1.82, 2.24) is 15.2 Å². The van der Waals surface area contributed by atoms with Crippen LogP contribution in [0.25, 0.3) is 6.08 Å². The van der Waals surface area contributed by atoms with E-state index in [1.807, 2.05) is 13.1 Å². The van der Waals surface area contributed by atoms with Gasteiger partial charge in [0.2, 0.25) is 6.41 Å². The number of rotatable bonds is 7. The standard InChI is InChI=1S/C24H24F6N2O.C7H7ClN2O/c1-31-16-22(20-15-19(8-9-21(20)31)33-24(28,29)30)10-13-32(14-11-22)12-2-3-17-4-6-18(7-5-17)23(25,26)27;8-7-3-6(1-2-10-7)4-9-5-11/h2-9,15H,10-14,16H2,1H3;1-3,5H,4H2,(H,9,11)/b3-2+;. The van der Waals surface area contributed by atoms with Gasteiger partial charge in [-0.05, 0) is 85.1 Å². The van der Waals surface area contributed by atoms with Gasteiger partial charge in [-0.25, -0.2) is 4.98 Å². The Kier molecular flexibility index (Phi) is 10.5. The Balaban J connectivity index is 0.000000339. The van der Waals surface area contributed by atoms with Gasteiger partial charge in [-0.2, -0.15) is 13.2 Å². The van der Waals surface area contributed by atoms with Gasteiger partial charge in [-0.15, -0.1) is 13.2 Å². The number of likely N-dealkylation sites (N-methyl/N-ethyl adjacent to an activating group) is 1. The van der Waals surface area contributed by atoms with E-state index in [2.05, 4.69) is 24.8 Å². The fraction of sp³-hybridized carbons (Fsp3) is 0.355. The highest BCUT2D eigenvalue weighted by molar-refractivity contribution is 6.29. The van der Waals surface area contributed by atoms with Crippen molar-refractivity contribution in [1.29, 1.82) is 0 Å². The quantitative estimate of drug-likeness (QED) is 0.170. The predicted octanol–water partition coefficient (Wildman–Crippen LogP) is 7.08. The minimum absolute atomic E-state index is 0.196. The number of alkyl halides is 6. The molecule has 0 bridgehead atoms. The van der Waals surface area contributed by atoms with Gasteiger partial charge in [-0.3, -0.25) is 9.69 Å². The van der Waals surface area contributed by atoms with Crippen LogP contribution in [0.2, 0.25) is 5.15 Å². The third-order valence-corrected chi connectivity index (χ3v) is 7.84. The Bertz CT molecular complexity index is 1440. The molecule has 44 heavy (non-hydrogen) atoms. The molecule has 2 aliphatic heterocycles. The van der Waals surface area contributed by atoms with Crippen molar-refractivity contribution in [2.75, 3.05) is 38.1 Å². The molecule has 3 aromatic rings. The van der Waals surface area contributed by atoms with Crippen LogP contribution in [-0.4, -0.2) is 55.9 Å². The van der Waals surface area contributed by atoms with Gasteiger partial charge in [0.25, 0.3) is 0 Å². The Morgan fingerprint density at radius 3 is 2.34 bits per heavy atom. The fourth-order valence-corrected chi connectivity index (χ4v) is 5.71. The third-order valence-electron chi connectivity index (χ3n) is 7.63. The maximum absolute atomic E-state index is 12.7. The number of likely N-dealkylation sites (tertiary alicyclic amines) is 1. The number of fused-ring (bicyclic) bond motifs is 2. The van der Waals surface area contributed by atoms with Gasteiger partial charge in [0.15, 0.2) is 0 Å². The summed E-state index contributed by atoms with van der Waals surface area (Å²) < 4.78 is 80.2. The molecule has 1 saturated heterocycles. The second-order valence-corrected chi connectivity index (χ2v) is 11.1. The molecule has 0 unspecified atom stereocenters. The van der Waals surface area contributed by atoms with E-state index in [0.29, 0.717) is 30.2 Å². The van der Waals surface area contributed by atoms with Crippen molar-refractivity contribution in [3.63, 3.8) is 0 Å². The number of aromatic nitrogens is 1. The second kappa shape index (κ2) is 13.9. The molecule has 5 rings (SSSR count). The lowest BCUT2D eigenvalue weighted by Gasteiger charge is -2.39. The van der Waals surface area contributed by atoms with Crippen molar-refractivity contribution in [2.45, 2.75) is 37.3 Å². The number of carbonyl (C=O) groups is 1. The zero-order chi connectivity index (χ0) is 32.0. The lowest BCUT2D eigenvalue weighted by Crippen LogP contribution is -2.44. The molecule has 13 heteroatoms. The third kappa shape index (κ3) is 8.88. The van der Waals surface area contributed by atoms with Crippen LogP contribution < -0.4 is 15.0 Å². The van der Waals surface area contributed by atoms with Crippen molar-refractivity contribution in [2.24, 2.45) is 0 Å². The molecule has 0 atom stereocenters.